The number of hydrogen-bond acceptors (Lipinski definition) is 3. The van der Waals surface area contributed by atoms with Gasteiger partial charge in [0.05, 0.1) is 0 Å². The average molecular weight is 292 g/mol. The van der Waals surface area contributed by atoms with Crippen molar-refractivity contribution in [3.8, 4) is 11.1 Å². The minimum atomic E-state index is 0.120. The highest BCUT2D eigenvalue weighted by Crippen LogP contribution is 2.33. The van der Waals surface area contributed by atoms with Crippen molar-refractivity contribution in [1.29, 1.82) is 0 Å². The number of aromatic amines is 1. The number of H-pyrrole nitrogens is 1. The molecule has 5 heteroatoms. The van der Waals surface area contributed by atoms with E-state index in [1.807, 2.05) is 35.6 Å². The fraction of sp³-hybridized carbons (Fsp3) is 0.235. The number of rotatable bonds is 1. The molecular formula is C17H16N4O. The molecule has 0 aromatic carbocycles. The van der Waals surface area contributed by atoms with E-state index >= 15 is 0 Å². The van der Waals surface area contributed by atoms with Gasteiger partial charge in [0.15, 0.2) is 0 Å². The molecule has 0 aliphatic carbocycles. The minimum Gasteiger partial charge on any atom is -0.346 e. The molecule has 0 saturated heterocycles. The van der Waals surface area contributed by atoms with Gasteiger partial charge in [0.2, 0.25) is 5.91 Å². The summed E-state index contributed by atoms with van der Waals surface area (Å²) in [5.74, 6) is 0.120. The Kier molecular flexibility index (Phi) is 2.92. The van der Waals surface area contributed by atoms with Crippen LogP contribution >= 0.6 is 0 Å². The lowest BCUT2D eigenvalue weighted by Crippen LogP contribution is -2.34. The van der Waals surface area contributed by atoms with E-state index in [1.165, 1.54) is 11.1 Å². The summed E-state index contributed by atoms with van der Waals surface area (Å²) in [4.78, 5) is 25.6. The van der Waals surface area contributed by atoms with E-state index in [1.54, 1.807) is 13.1 Å². The molecule has 0 fully saturated rings. The molecule has 5 nitrogen and oxygen atoms in total. The second-order valence-electron chi connectivity index (χ2n) is 5.62. The number of nitrogens with zero attached hydrogens (tertiary/aromatic N) is 3. The summed E-state index contributed by atoms with van der Waals surface area (Å²) in [7, 11) is 0. The second kappa shape index (κ2) is 4.94. The Morgan fingerprint density at radius 2 is 2.27 bits per heavy atom. The highest BCUT2D eigenvalue weighted by Gasteiger charge is 2.23. The topological polar surface area (TPSA) is 61.9 Å². The number of nitrogens with one attached hydrogen (secondary N) is 1. The average Bonchev–Trinajstić information content (AvgIpc) is 2.99. The fourth-order valence-electron chi connectivity index (χ4n) is 3.14. The predicted octanol–water partition coefficient (Wildman–Crippen LogP) is 2.53. The van der Waals surface area contributed by atoms with Gasteiger partial charge >= 0.3 is 0 Å². The van der Waals surface area contributed by atoms with Crippen LogP contribution in [0.15, 0.2) is 36.9 Å². The van der Waals surface area contributed by atoms with E-state index in [-0.39, 0.29) is 5.91 Å². The predicted molar refractivity (Wildman–Crippen MR) is 84.1 cm³/mol. The lowest BCUT2D eigenvalue weighted by Gasteiger charge is -2.28. The van der Waals surface area contributed by atoms with Crippen molar-refractivity contribution in [3.05, 3.63) is 48.0 Å². The summed E-state index contributed by atoms with van der Waals surface area (Å²) in [6.45, 7) is 3.04. The summed E-state index contributed by atoms with van der Waals surface area (Å²) in [6.07, 6.45) is 8.38. The van der Waals surface area contributed by atoms with E-state index < -0.39 is 0 Å². The first kappa shape index (κ1) is 13.0. The molecule has 0 unspecified atom stereocenters. The first-order chi connectivity index (χ1) is 10.7. The van der Waals surface area contributed by atoms with Crippen LogP contribution < -0.4 is 0 Å². The number of aromatic nitrogens is 3. The number of pyridine rings is 2. The van der Waals surface area contributed by atoms with E-state index in [9.17, 15) is 4.79 Å². The summed E-state index contributed by atoms with van der Waals surface area (Å²) >= 11 is 0. The maximum atomic E-state index is 11.7. The lowest BCUT2D eigenvalue weighted by atomic mass is 9.95. The smallest absolute Gasteiger partial charge is 0.219 e. The third-order valence-corrected chi connectivity index (χ3v) is 4.32. The SMILES string of the molecule is CC(=O)N1CCc2cnc3[nH]cc(-c4cccnc4)c3c2C1. The molecule has 1 N–H and O–H groups in total. The standard InChI is InChI=1S/C17H16N4O/c1-11(22)21-6-4-13-8-19-17-16(15(13)10-21)14(9-20-17)12-3-2-5-18-7-12/h2-3,5,7-9H,4,6,10H2,1H3,(H,19,20). The van der Waals surface area contributed by atoms with Gasteiger partial charge in [-0.1, -0.05) is 6.07 Å². The largest absolute Gasteiger partial charge is 0.346 e. The molecule has 0 atom stereocenters. The molecule has 0 saturated carbocycles. The Morgan fingerprint density at radius 1 is 1.36 bits per heavy atom. The first-order valence-corrected chi connectivity index (χ1v) is 7.38. The molecule has 3 aromatic heterocycles. The maximum absolute atomic E-state index is 11.7. The van der Waals surface area contributed by atoms with Crippen molar-refractivity contribution in [3.63, 3.8) is 0 Å². The van der Waals surface area contributed by atoms with E-state index in [4.69, 9.17) is 0 Å². The van der Waals surface area contributed by atoms with Crippen LogP contribution in [-0.2, 0) is 17.8 Å². The number of fused-ring (bicyclic) bond motifs is 3. The van der Waals surface area contributed by atoms with Crippen LogP contribution in [0.1, 0.15) is 18.1 Å². The zero-order chi connectivity index (χ0) is 15.1. The van der Waals surface area contributed by atoms with Crippen molar-refractivity contribution in [2.45, 2.75) is 19.9 Å². The summed E-state index contributed by atoms with van der Waals surface area (Å²) in [5, 5.41) is 1.11. The zero-order valence-corrected chi connectivity index (χ0v) is 12.3. The van der Waals surface area contributed by atoms with Crippen LogP contribution in [-0.4, -0.2) is 32.3 Å². The summed E-state index contributed by atoms with van der Waals surface area (Å²) < 4.78 is 0. The van der Waals surface area contributed by atoms with Crippen molar-refractivity contribution in [2.75, 3.05) is 6.54 Å². The molecule has 110 valence electrons. The van der Waals surface area contributed by atoms with Gasteiger partial charge in [-0.25, -0.2) is 4.98 Å². The molecule has 0 bridgehead atoms. The van der Waals surface area contributed by atoms with Gasteiger partial charge in [0.25, 0.3) is 0 Å². The van der Waals surface area contributed by atoms with E-state index in [2.05, 4.69) is 15.0 Å². The fourth-order valence-corrected chi connectivity index (χ4v) is 3.14. The quantitative estimate of drug-likeness (QED) is 0.749. The minimum absolute atomic E-state index is 0.120. The number of amides is 1. The van der Waals surface area contributed by atoms with Gasteiger partial charge in [0.1, 0.15) is 5.65 Å². The van der Waals surface area contributed by atoms with Crippen LogP contribution in [0.25, 0.3) is 22.2 Å². The van der Waals surface area contributed by atoms with Crippen molar-refractivity contribution < 1.29 is 4.79 Å². The molecule has 4 heterocycles. The van der Waals surface area contributed by atoms with Crippen molar-refractivity contribution >= 4 is 16.9 Å². The number of hydrogen-bond donors (Lipinski definition) is 1. The van der Waals surface area contributed by atoms with E-state index in [0.29, 0.717) is 6.54 Å². The van der Waals surface area contributed by atoms with Crippen LogP contribution in [0, 0.1) is 0 Å². The van der Waals surface area contributed by atoms with Crippen molar-refractivity contribution in [1.82, 2.24) is 19.9 Å². The normalized spacial score (nSPS) is 14.1. The number of carbonyl (C=O) groups excluding carboxylic acids is 1. The van der Waals surface area contributed by atoms with Crippen molar-refractivity contribution in [2.24, 2.45) is 0 Å². The molecule has 1 aliphatic heterocycles. The third-order valence-electron chi connectivity index (χ3n) is 4.32. The van der Waals surface area contributed by atoms with Crippen LogP contribution in [0.5, 0.6) is 0 Å². The Balaban J connectivity index is 1.93. The molecule has 0 spiro atoms. The van der Waals surface area contributed by atoms with Gasteiger partial charge in [-0.3, -0.25) is 9.78 Å². The van der Waals surface area contributed by atoms with Crippen LogP contribution in [0.4, 0.5) is 0 Å². The Morgan fingerprint density at radius 3 is 3.05 bits per heavy atom. The third kappa shape index (κ3) is 1.97. The highest BCUT2D eigenvalue weighted by atomic mass is 16.2. The molecule has 1 aliphatic rings. The molecule has 22 heavy (non-hydrogen) atoms. The van der Waals surface area contributed by atoms with Gasteiger partial charge in [0, 0.05) is 61.3 Å². The Bertz CT molecular complexity index is 854. The van der Waals surface area contributed by atoms with E-state index in [0.717, 1.165) is 35.1 Å². The monoisotopic (exact) mass is 292 g/mol. The van der Waals surface area contributed by atoms with Crippen LogP contribution in [0.2, 0.25) is 0 Å². The van der Waals surface area contributed by atoms with Gasteiger partial charge < -0.3 is 9.88 Å². The molecule has 3 aromatic rings. The van der Waals surface area contributed by atoms with Gasteiger partial charge in [-0.05, 0) is 23.6 Å². The van der Waals surface area contributed by atoms with Gasteiger partial charge in [-0.2, -0.15) is 0 Å². The zero-order valence-electron chi connectivity index (χ0n) is 12.3. The second-order valence-corrected chi connectivity index (χ2v) is 5.62. The number of carbonyl (C=O) groups is 1. The molecule has 4 rings (SSSR count). The molecular weight excluding hydrogens is 276 g/mol. The van der Waals surface area contributed by atoms with Crippen LogP contribution in [0.3, 0.4) is 0 Å². The van der Waals surface area contributed by atoms with Gasteiger partial charge in [-0.15, -0.1) is 0 Å². The molecule has 1 amide bonds. The first-order valence-electron chi connectivity index (χ1n) is 7.38. The maximum Gasteiger partial charge on any atom is 0.219 e. The Labute approximate surface area is 128 Å². The highest BCUT2D eigenvalue weighted by molar-refractivity contribution is 5.96. The lowest BCUT2D eigenvalue weighted by molar-refractivity contribution is -0.129. The summed E-state index contributed by atoms with van der Waals surface area (Å²) in [5.41, 5.74) is 5.45. The molecule has 0 radical (unpaired) electrons. The Hall–Kier alpha value is -2.69. The summed E-state index contributed by atoms with van der Waals surface area (Å²) in [6, 6.07) is 3.97.